The van der Waals surface area contributed by atoms with E-state index in [4.69, 9.17) is 5.73 Å². The molecule has 0 spiro atoms. The summed E-state index contributed by atoms with van der Waals surface area (Å²) in [5.41, 5.74) is 6.44. The summed E-state index contributed by atoms with van der Waals surface area (Å²) in [7, 11) is -3.43. The van der Waals surface area contributed by atoms with Crippen LogP contribution in [-0.2, 0) is 23.1 Å². The van der Waals surface area contributed by atoms with Crippen molar-refractivity contribution in [2.75, 3.05) is 0 Å². The Labute approximate surface area is 109 Å². The summed E-state index contributed by atoms with van der Waals surface area (Å²) in [5, 5.41) is 0. The van der Waals surface area contributed by atoms with Crippen molar-refractivity contribution >= 4 is 10.0 Å². The van der Waals surface area contributed by atoms with Gasteiger partial charge in [0, 0.05) is 31.0 Å². The molecule has 0 atom stereocenters. The normalized spacial score (nSPS) is 12.3. The van der Waals surface area contributed by atoms with Gasteiger partial charge in [0.25, 0.3) is 0 Å². The highest BCUT2D eigenvalue weighted by Crippen LogP contribution is 2.15. The molecule has 6 heteroatoms. The summed E-state index contributed by atoms with van der Waals surface area (Å²) < 4.78 is 29.0. The van der Waals surface area contributed by atoms with Gasteiger partial charge in [0.15, 0.2) is 0 Å². The molecule has 1 aromatic rings. The van der Waals surface area contributed by atoms with Crippen LogP contribution < -0.4 is 10.5 Å². The predicted octanol–water partition coefficient (Wildman–Crippen LogP) is 1.43. The van der Waals surface area contributed by atoms with Gasteiger partial charge >= 0.3 is 0 Å². The molecule has 18 heavy (non-hydrogen) atoms. The first-order valence-corrected chi connectivity index (χ1v) is 7.88. The molecule has 0 saturated heterocycles. The Morgan fingerprint density at radius 1 is 1.33 bits per heavy atom. The Bertz CT molecular complexity index is 454. The van der Waals surface area contributed by atoms with E-state index in [2.05, 4.69) is 4.72 Å². The summed E-state index contributed by atoms with van der Waals surface area (Å²) in [6.45, 7) is 6.96. The van der Waals surface area contributed by atoms with E-state index in [1.807, 2.05) is 25.3 Å². The molecule has 1 heterocycles. The third-order valence-electron chi connectivity index (χ3n) is 3.13. The highest BCUT2D eigenvalue weighted by atomic mass is 32.2. The lowest BCUT2D eigenvalue weighted by molar-refractivity contribution is 0.530. The number of nitrogens with one attached hydrogen (secondary N) is 1. The number of rotatable bonds is 7. The van der Waals surface area contributed by atoms with E-state index in [0.29, 0.717) is 18.0 Å². The van der Waals surface area contributed by atoms with E-state index >= 15 is 0 Å². The van der Waals surface area contributed by atoms with Crippen molar-refractivity contribution in [2.45, 2.75) is 57.6 Å². The molecule has 0 aliphatic carbocycles. The van der Waals surface area contributed by atoms with Crippen LogP contribution in [0.1, 0.15) is 39.3 Å². The molecule has 0 fully saturated rings. The third kappa shape index (κ3) is 3.34. The van der Waals surface area contributed by atoms with Crippen molar-refractivity contribution in [3.63, 3.8) is 0 Å². The largest absolute Gasteiger partial charge is 0.349 e. The zero-order valence-electron chi connectivity index (χ0n) is 11.3. The quantitative estimate of drug-likeness (QED) is 0.789. The van der Waals surface area contributed by atoms with E-state index < -0.39 is 10.0 Å². The van der Waals surface area contributed by atoms with Gasteiger partial charge in [0.05, 0.1) is 4.90 Å². The molecule has 0 saturated carbocycles. The zero-order valence-corrected chi connectivity index (χ0v) is 12.1. The molecule has 1 rings (SSSR count). The summed E-state index contributed by atoms with van der Waals surface area (Å²) in [5.74, 6) is 0. The van der Waals surface area contributed by atoms with Crippen molar-refractivity contribution in [2.24, 2.45) is 5.73 Å². The van der Waals surface area contributed by atoms with Crippen LogP contribution in [0.5, 0.6) is 0 Å². The minimum Gasteiger partial charge on any atom is -0.349 e. The van der Waals surface area contributed by atoms with Crippen LogP contribution >= 0.6 is 0 Å². The highest BCUT2D eigenvalue weighted by Gasteiger charge is 2.20. The Hall–Kier alpha value is -0.850. The highest BCUT2D eigenvalue weighted by molar-refractivity contribution is 7.89. The van der Waals surface area contributed by atoms with Gasteiger partial charge in [0.1, 0.15) is 0 Å². The molecule has 5 nitrogen and oxygen atoms in total. The number of sulfonamides is 1. The lowest BCUT2D eigenvalue weighted by atomic mass is 10.2. The molecule has 0 aliphatic rings. The lowest BCUT2D eigenvalue weighted by Gasteiger charge is -2.13. The van der Waals surface area contributed by atoms with Gasteiger partial charge in [-0.1, -0.05) is 13.8 Å². The molecule has 0 aliphatic heterocycles. The second kappa shape index (κ2) is 6.36. The molecule has 0 radical (unpaired) electrons. The van der Waals surface area contributed by atoms with Crippen molar-refractivity contribution in [1.82, 2.24) is 9.29 Å². The maximum Gasteiger partial charge on any atom is 0.242 e. The molecule has 0 unspecified atom stereocenters. The third-order valence-corrected chi connectivity index (χ3v) is 4.62. The SMILES string of the molecule is CCC(CC)NS(=O)(=O)c1cc(CN)n(CC)c1. The Morgan fingerprint density at radius 2 is 1.94 bits per heavy atom. The van der Waals surface area contributed by atoms with Crippen molar-refractivity contribution in [3.05, 3.63) is 18.0 Å². The van der Waals surface area contributed by atoms with Crippen LogP contribution in [0.3, 0.4) is 0 Å². The maximum absolute atomic E-state index is 12.2. The number of aromatic nitrogens is 1. The standard InChI is InChI=1S/C12H23N3O2S/c1-4-10(5-2)14-18(16,17)12-7-11(8-13)15(6-3)9-12/h7,9-10,14H,4-6,8,13H2,1-3H3. The van der Waals surface area contributed by atoms with Crippen LogP contribution in [0.15, 0.2) is 17.2 Å². The van der Waals surface area contributed by atoms with Gasteiger partial charge in [-0.05, 0) is 25.8 Å². The van der Waals surface area contributed by atoms with Gasteiger partial charge in [-0.2, -0.15) is 0 Å². The topological polar surface area (TPSA) is 77.1 Å². The van der Waals surface area contributed by atoms with E-state index in [9.17, 15) is 8.42 Å². The second-order valence-corrected chi connectivity index (χ2v) is 6.01. The fourth-order valence-electron chi connectivity index (χ4n) is 1.88. The minimum absolute atomic E-state index is 0.0127. The van der Waals surface area contributed by atoms with E-state index in [1.54, 1.807) is 12.3 Å². The number of hydrogen-bond donors (Lipinski definition) is 2. The Balaban J connectivity index is 3.01. The van der Waals surface area contributed by atoms with E-state index in [-0.39, 0.29) is 6.04 Å². The fourth-order valence-corrected chi connectivity index (χ4v) is 3.35. The molecule has 0 bridgehead atoms. The summed E-state index contributed by atoms with van der Waals surface area (Å²) in [6.07, 6.45) is 3.22. The van der Waals surface area contributed by atoms with Crippen LogP contribution in [-0.4, -0.2) is 19.0 Å². The first kappa shape index (κ1) is 15.2. The molecule has 3 N–H and O–H groups in total. The molecule has 104 valence electrons. The van der Waals surface area contributed by atoms with Gasteiger partial charge < -0.3 is 10.3 Å². The summed E-state index contributed by atoms with van der Waals surface area (Å²) >= 11 is 0. The van der Waals surface area contributed by atoms with Crippen molar-refractivity contribution in [3.8, 4) is 0 Å². The molecular formula is C12H23N3O2S. The van der Waals surface area contributed by atoms with E-state index in [1.165, 1.54) is 0 Å². The molecular weight excluding hydrogens is 250 g/mol. The van der Waals surface area contributed by atoms with Gasteiger partial charge in [-0.3, -0.25) is 0 Å². The number of aryl methyl sites for hydroxylation is 1. The zero-order chi connectivity index (χ0) is 13.8. The van der Waals surface area contributed by atoms with Crippen molar-refractivity contribution < 1.29 is 8.42 Å². The Kier molecular flexibility index (Phi) is 5.37. The van der Waals surface area contributed by atoms with E-state index in [0.717, 1.165) is 18.5 Å². The van der Waals surface area contributed by atoms with Crippen LogP contribution in [0, 0.1) is 0 Å². The Morgan fingerprint density at radius 3 is 2.33 bits per heavy atom. The molecule has 0 aromatic carbocycles. The monoisotopic (exact) mass is 273 g/mol. The first-order valence-electron chi connectivity index (χ1n) is 6.39. The average molecular weight is 273 g/mol. The number of nitrogens with zero attached hydrogens (tertiary/aromatic N) is 1. The summed E-state index contributed by atoms with van der Waals surface area (Å²) in [6, 6.07) is 1.63. The number of hydrogen-bond acceptors (Lipinski definition) is 3. The fraction of sp³-hybridized carbons (Fsp3) is 0.667. The number of nitrogens with two attached hydrogens (primary N) is 1. The summed E-state index contributed by atoms with van der Waals surface area (Å²) in [4.78, 5) is 0.303. The maximum atomic E-state index is 12.2. The van der Waals surface area contributed by atoms with Gasteiger partial charge in [0.2, 0.25) is 10.0 Å². The minimum atomic E-state index is -3.43. The first-order chi connectivity index (χ1) is 8.48. The van der Waals surface area contributed by atoms with Crippen molar-refractivity contribution in [1.29, 1.82) is 0 Å². The van der Waals surface area contributed by atoms with Crippen LogP contribution in [0.4, 0.5) is 0 Å². The van der Waals surface area contributed by atoms with Gasteiger partial charge in [-0.15, -0.1) is 0 Å². The lowest BCUT2D eigenvalue weighted by Crippen LogP contribution is -2.33. The van der Waals surface area contributed by atoms with Crippen LogP contribution in [0.25, 0.3) is 0 Å². The van der Waals surface area contributed by atoms with Gasteiger partial charge in [-0.25, -0.2) is 13.1 Å². The smallest absolute Gasteiger partial charge is 0.242 e. The average Bonchev–Trinajstić information content (AvgIpc) is 2.79. The predicted molar refractivity (Wildman–Crippen MR) is 72.7 cm³/mol. The second-order valence-electron chi connectivity index (χ2n) is 4.29. The molecule has 0 amide bonds. The molecule has 1 aromatic heterocycles. The van der Waals surface area contributed by atoms with Crippen LogP contribution in [0.2, 0.25) is 0 Å².